The molecule has 1 fully saturated rings. The Morgan fingerprint density at radius 3 is 2.31 bits per heavy atom. The van der Waals surface area contributed by atoms with Gasteiger partial charge in [-0.3, -0.25) is 4.79 Å². The smallest absolute Gasteiger partial charge is 0.407 e. The van der Waals surface area contributed by atoms with Crippen molar-refractivity contribution in [2.24, 2.45) is 11.8 Å². The van der Waals surface area contributed by atoms with Crippen molar-refractivity contribution in [3.8, 4) is 11.1 Å². The number of hydrogen-bond acceptors (Lipinski definition) is 4. The van der Waals surface area contributed by atoms with Gasteiger partial charge in [-0.05, 0) is 53.9 Å². The predicted octanol–water partition coefficient (Wildman–Crippen LogP) is 4.70. The summed E-state index contributed by atoms with van der Waals surface area (Å²) in [6.45, 7) is 2.61. The van der Waals surface area contributed by atoms with E-state index in [0.29, 0.717) is 25.8 Å². The second-order valence-corrected chi connectivity index (χ2v) is 9.62. The first-order valence-corrected chi connectivity index (χ1v) is 12.6. The molecule has 1 saturated carbocycles. The number of nitrogens with one attached hydrogen (secondary N) is 2. The molecule has 0 bridgehead atoms. The quantitative estimate of drug-likeness (QED) is 0.485. The van der Waals surface area contributed by atoms with Crippen molar-refractivity contribution in [3.05, 3.63) is 59.7 Å². The van der Waals surface area contributed by atoms with Crippen molar-refractivity contribution in [1.29, 1.82) is 0 Å². The predicted molar refractivity (Wildman–Crippen MR) is 133 cm³/mol. The fraction of sp³-hybridized carbons (Fsp3) is 0.464. The molecule has 35 heavy (non-hydrogen) atoms. The first kappa shape index (κ1) is 24.8. The van der Waals surface area contributed by atoms with E-state index in [1.165, 1.54) is 22.3 Å². The van der Waals surface area contributed by atoms with E-state index in [-0.39, 0.29) is 30.3 Å². The molecule has 0 aliphatic heterocycles. The molecule has 4 rings (SSSR count). The van der Waals surface area contributed by atoms with Crippen molar-refractivity contribution in [2.45, 2.75) is 57.4 Å². The Bertz CT molecular complexity index is 1020. The highest BCUT2D eigenvalue weighted by Crippen LogP contribution is 2.44. The first-order valence-electron chi connectivity index (χ1n) is 12.6. The van der Waals surface area contributed by atoms with E-state index in [1.807, 2.05) is 31.2 Å². The minimum Gasteiger partial charge on any atom is -0.480 e. The summed E-state index contributed by atoms with van der Waals surface area (Å²) in [4.78, 5) is 36.5. The van der Waals surface area contributed by atoms with E-state index in [0.717, 1.165) is 19.3 Å². The number of carboxylic acid groups (broad SMARTS) is 1. The van der Waals surface area contributed by atoms with Crippen molar-refractivity contribution in [1.82, 2.24) is 10.6 Å². The number of ether oxygens (including phenoxy) is 1. The second kappa shape index (κ2) is 11.4. The summed E-state index contributed by atoms with van der Waals surface area (Å²) < 4.78 is 5.62. The number of carbonyl (C=O) groups is 3. The van der Waals surface area contributed by atoms with Gasteiger partial charge in [0.15, 0.2) is 0 Å². The van der Waals surface area contributed by atoms with E-state index in [4.69, 9.17) is 4.74 Å². The zero-order valence-corrected chi connectivity index (χ0v) is 20.2. The van der Waals surface area contributed by atoms with Crippen LogP contribution < -0.4 is 10.6 Å². The van der Waals surface area contributed by atoms with Crippen LogP contribution in [0.1, 0.15) is 62.5 Å². The average Bonchev–Trinajstić information content (AvgIpc) is 3.19. The number of rotatable bonds is 9. The molecule has 7 nitrogen and oxygen atoms in total. The number of amides is 2. The maximum atomic E-state index is 12.6. The first-order chi connectivity index (χ1) is 17.0. The van der Waals surface area contributed by atoms with Crippen molar-refractivity contribution in [2.75, 3.05) is 13.2 Å². The molecule has 2 unspecified atom stereocenters. The third kappa shape index (κ3) is 5.84. The largest absolute Gasteiger partial charge is 0.480 e. The summed E-state index contributed by atoms with van der Waals surface area (Å²) in [5.74, 6) is -1.24. The molecule has 2 aromatic rings. The number of hydrogen-bond donors (Lipinski definition) is 3. The normalized spacial score (nSPS) is 19.8. The third-order valence-corrected chi connectivity index (χ3v) is 7.22. The Labute approximate surface area is 206 Å². The number of aliphatic carboxylic acids is 1. The third-order valence-electron chi connectivity index (χ3n) is 7.22. The van der Waals surface area contributed by atoms with Crippen molar-refractivity contribution in [3.63, 3.8) is 0 Å². The van der Waals surface area contributed by atoms with Crippen LogP contribution in [-0.4, -0.2) is 42.3 Å². The van der Waals surface area contributed by atoms with Gasteiger partial charge in [0.05, 0.1) is 0 Å². The lowest BCUT2D eigenvalue weighted by Gasteiger charge is -2.29. The Kier molecular flexibility index (Phi) is 8.06. The minimum atomic E-state index is -0.996. The Hall–Kier alpha value is -3.35. The molecule has 2 aromatic carbocycles. The molecule has 2 aliphatic carbocycles. The number of carbonyl (C=O) groups excluding carboxylic acids is 2. The summed E-state index contributed by atoms with van der Waals surface area (Å²) in [5.41, 5.74) is 4.72. The molecule has 7 heteroatoms. The number of carboxylic acids is 1. The SMILES string of the molecule is CCC[C@@H](NC(=O)C1CCCC(CNC(=O)OCC2c3ccccc3-c3ccccc32)C1)C(=O)O. The van der Waals surface area contributed by atoms with Crippen molar-refractivity contribution >= 4 is 18.0 Å². The van der Waals surface area contributed by atoms with Gasteiger partial charge in [0.1, 0.15) is 12.6 Å². The van der Waals surface area contributed by atoms with E-state index < -0.39 is 18.1 Å². The Balaban J connectivity index is 1.26. The van der Waals surface area contributed by atoms with Crippen LogP contribution in [0.2, 0.25) is 0 Å². The highest BCUT2D eigenvalue weighted by molar-refractivity contribution is 5.85. The van der Waals surface area contributed by atoms with E-state index in [1.54, 1.807) is 0 Å². The summed E-state index contributed by atoms with van der Waals surface area (Å²) in [5, 5.41) is 14.9. The summed E-state index contributed by atoms with van der Waals surface area (Å²) in [6, 6.07) is 15.6. The van der Waals surface area contributed by atoms with Gasteiger partial charge in [0.2, 0.25) is 5.91 Å². The van der Waals surface area contributed by atoms with Gasteiger partial charge in [-0.25, -0.2) is 9.59 Å². The lowest BCUT2D eigenvalue weighted by molar-refractivity contribution is -0.143. The van der Waals surface area contributed by atoms with Crippen LogP contribution in [0.5, 0.6) is 0 Å². The number of fused-ring (bicyclic) bond motifs is 3. The second-order valence-electron chi connectivity index (χ2n) is 9.62. The molecule has 2 amide bonds. The van der Waals surface area contributed by atoms with Gasteiger partial charge in [-0.15, -0.1) is 0 Å². The topological polar surface area (TPSA) is 105 Å². The molecule has 0 heterocycles. The molecule has 2 aliphatic rings. The van der Waals surface area contributed by atoms with Gasteiger partial charge in [0.25, 0.3) is 0 Å². The Morgan fingerprint density at radius 2 is 1.69 bits per heavy atom. The average molecular weight is 479 g/mol. The summed E-state index contributed by atoms with van der Waals surface area (Å²) in [7, 11) is 0. The van der Waals surface area contributed by atoms with Crippen molar-refractivity contribution < 1.29 is 24.2 Å². The van der Waals surface area contributed by atoms with Crippen LogP contribution in [0.15, 0.2) is 48.5 Å². The van der Waals surface area contributed by atoms with Crippen LogP contribution in [-0.2, 0) is 14.3 Å². The maximum absolute atomic E-state index is 12.6. The fourth-order valence-corrected chi connectivity index (χ4v) is 5.43. The molecule has 0 spiro atoms. The molecule has 0 saturated heterocycles. The van der Waals surface area contributed by atoms with E-state index >= 15 is 0 Å². The van der Waals surface area contributed by atoms with Gasteiger partial charge in [-0.2, -0.15) is 0 Å². The van der Waals surface area contributed by atoms with Gasteiger partial charge in [0, 0.05) is 18.4 Å². The number of alkyl carbamates (subject to hydrolysis) is 1. The van der Waals surface area contributed by atoms with E-state index in [9.17, 15) is 19.5 Å². The molecule has 0 aromatic heterocycles. The zero-order chi connectivity index (χ0) is 24.8. The lowest BCUT2D eigenvalue weighted by Crippen LogP contribution is -2.45. The number of benzene rings is 2. The zero-order valence-electron chi connectivity index (χ0n) is 20.2. The Morgan fingerprint density at radius 1 is 1.03 bits per heavy atom. The standard InChI is InChI=1S/C28H34N2O5/c1-2-8-25(27(32)33)30-26(31)19-10-7-9-18(15-19)16-29-28(34)35-17-24-22-13-5-3-11-20(22)21-12-4-6-14-23(21)24/h3-6,11-14,18-19,24-25H,2,7-10,15-17H2,1H3,(H,29,34)(H,30,31)(H,32,33)/t18?,19?,25-/m1/s1. The molecular formula is C28H34N2O5. The minimum absolute atomic E-state index is 0.0150. The van der Waals surface area contributed by atoms with Crippen LogP contribution in [0, 0.1) is 11.8 Å². The highest BCUT2D eigenvalue weighted by Gasteiger charge is 2.31. The van der Waals surface area contributed by atoms with Gasteiger partial charge < -0.3 is 20.5 Å². The van der Waals surface area contributed by atoms with Crippen LogP contribution in [0.25, 0.3) is 11.1 Å². The van der Waals surface area contributed by atoms with Crippen LogP contribution in [0.4, 0.5) is 4.79 Å². The molecular weight excluding hydrogens is 444 g/mol. The molecule has 0 radical (unpaired) electrons. The summed E-state index contributed by atoms with van der Waals surface area (Å²) in [6.07, 6.45) is 3.83. The molecule has 186 valence electrons. The molecule has 3 atom stereocenters. The van der Waals surface area contributed by atoms with Gasteiger partial charge >= 0.3 is 12.1 Å². The van der Waals surface area contributed by atoms with Crippen LogP contribution in [0.3, 0.4) is 0 Å². The fourth-order valence-electron chi connectivity index (χ4n) is 5.43. The lowest BCUT2D eigenvalue weighted by atomic mass is 9.80. The maximum Gasteiger partial charge on any atom is 0.407 e. The highest BCUT2D eigenvalue weighted by atomic mass is 16.5. The van der Waals surface area contributed by atoms with Crippen LogP contribution >= 0.6 is 0 Å². The molecule has 3 N–H and O–H groups in total. The monoisotopic (exact) mass is 478 g/mol. The summed E-state index contributed by atoms with van der Waals surface area (Å²) >= 11 is 0. The van der Waals surface area contributed by atoms with E-state index in [2.05, 4.69) is 34.9 Å². The van der Waals surface area contributed by atoms with Gasteiger partial charge in [-0.1, -0.05) is 68.3 Å².